The van der Waals surface area contributed by atoms with E-state index in [0.717, 1.165) is 57.8 Å². The minimum absolute atomic E-state index is 0.293. The first-order valence-electron chi connectivity index (χ1n) is 11.7. The van der Waals surface area contributed by atoms with E-state index in [4.69, 9.17) is 15.5 Å². The largest absolute Gasteiger partial charge is 0.573 e. The predicted octanol–water partition coefficient (Wildman–Crippen LogP) is 4.12. The molecule has 0 radical (unpaired) electrons. The second-order valence-corrected chi connectivity index (χ2v) is 10.1. The Bertz CT molecular complexity index is 1030. The van der Waals surface area contributed by atoms with Crippen LogP contribution in [-0.4, -0.2) is 58.1 Å². The zero-order valence-corrected chi connectivity index (χ0v) is 18.4. The lowest BCUT2D eigenvalue weighted by Crippen LogP contribution is -2.58. The fourth-order valence-electron chi connectivity index (χ4n) is 5.90. The molecule has 4 aliphatic rings. The van der Waals surface area contributed by atoms with Gasteiger partial charge in [-0.15, -0.1) is 13.2 Å². The van der Waals surface area contributed by atoms with Gasteiger partial charge in [-0.1, -0.05) is 0 Å². The van der Waals surface area contributed by atoms with Crippen LogP contribution < -0.4 is 10.5 Å². The maximum Gasteiger partial charge on any atom is 0.573 e. The van der Waals surface area contributed by atoms with Crippen molar-refractivity contribution in [1.82, 2.24) is 19.4 Å². The van der Waals surface area contributed by atoms with Gasteiger partial charge in [0.05, 0.1) is 18.9 Å². The molecule has 3 aliphatic carbocycles. The molecule has 0 atom stereocenters. The van der Waals surface area contributed by atoms with Crippen LogP contribution in [-0.2, 0) is 4.74 Å². The molecule has 0 amide bonds. The molecule has 1 aliphatic heterocycles. The van der Waals surface area contributed by atoms with Crippen molar-refractivity contribution in [3.8, 4) is 17.0 Å². The average molecular weight is 464 g/mol. The van der Waals surface area contributed by atoms with E-state index < -0.39 is 12.1 Å². The Morgan fingerprint density at radius 3 is 2.45 bits per heavy atom. The number of nitrogens with zero attached hydrogens (tertiary/aromatic N) is 4. The minimum atomic E-state index is -4.82. The van der Waals surface area contributed by atoms with Gasteiger partial charge in [-0.05, 0) is 50.0 Å². The van der Waals surface area contributed by atoms with Gasteiger partial charge in [0, 0.05) is 49.0 Å². The molecular weight excluding hydrogens is 435 g/mol. The number of hydrogen-bond acceptors (Lipinski definition) is 6. The van der Waals surface area contributed by atoms with Gasteiger partial charge < -0.3 is 19.8 Å². The molecule has 3 heterocycles. The van der Waals surface area contributed by atoms with Crippen molar-refractivity contribution in [3.05, 3.63) is 24.3 Å². The first-order valence-corrected chi connectivity index (χ1v) is 11.7. The third-order valence-electron chi connectivity index (χ3n) is 7.74. The zero-order valence-electron chi connectivity index (χ0n) is 18.4. The lowest BCUT2D eigenvalue weighted by Gasteiger charge is -2.60. The van der Waals surface area contributed by atoms with E-state index in [1.54, 1.807) is 0 Å². The molecule has 33 heavy (non-hydrogen) atoms. The number of hydrogen-bond donors (Lipinski definition) is 1. The summed E-state index contributed by atoms with van der Waals surface area (Å²) in [7, 11) is 0. The Morgan fingerprint density at radius 2 is 1.79 bits per heavy atom. The fraction of sp³-hybridized carbons (Fsp3) is 0.652. The molecule has 7 nitrogen and oxygen atoms in total. The molecule has 4 fully saturated rings. The Kier molecular flexibility index (Phi) is 4.88. The molecule has 2 N–H and O–H groups in total. The van der Waals surface area contributed by atoms with Crippen molar-refractivity contribution in [3.63, 3.8) is 0 Å². The van der Waals surface area contributed by atoms with Crippen molar-refractivity contribution in [2.24, 2.45) is 5.41 Å². The third kappa shape index (κ3) is 4.07. The summed E-state index contributed by atoms with van der Waals surface area (Å²) in [4.78, 5) is 11.3. The van der Waals surface area contributed by atoms with Gasteiger partial charge in [-0.3, -0.25) is 4.90 Å². The number of rotatable bonds is 5. The second kappa shape index (κ2) is 7.59. The van der Waals surface area contributed by atoms with Gasteiger partial charge in [-0.2, -0.15) is 0 Å². The monoisotopic (exact) mass is 463 g/mol. The SMILES string of the molecule is Nc1ncc(-c2cn(C3CC4(CC(N5CCOCC5)C4)C3)c(C3CC3)n2)cc1OC(F)(F)F. The Balaban J connectivity index is 1.18. The summed E-state index contributed by atoms with van der Waals surface area (Å²) in [6.07, 6.45) is 5.63. The zero-order chi connectivity index (χ0) is 22.8. The first-order chi connectivity index (χ1) is 15.8. The number of halogens is 3. The summed E-state index contributed by atoms with van der Waals surface area (Å²) >= 11 is 0. The Labute approximate surface area is 190 Å². The van der Waals surface area contributed by atoms with Crippen LogP contribution in [0.5, 0.6) is 5.75 Å². The molecule has 10 heteroatoms. The normalized spacial score (nSPS) is 30.2. The number of nitrogens with two attached hydrogens (primary N) is 1. The Hall–Kier alpha value is -2.33. The summed E-state index contributed by atoms with van der Waals surface area (Å²) < 4.78 is 50.0. The maximum atomic E-state index is 12.7. The third-order valence-corrected chi connectivity index (χ3v) is 7.74. The quantitative estimate of drug-likeness (QED) is 0.719. The van der Waals surface area contributed by atoms with E-state index in [1.165, 1.54) is 25.1 Å². The van der Waals surface area contributed by atoms with E-state index in [-0.39, 0.29) is 5.82 Å². The lowest BCUT2D eigenvalue weighted by atomic mass is 9.51. The number of aromatic nitrogens is 3. The van der Waals surface area contributed by atoms with Crippen LogP contribution >= 0.6 is 0 Å². The summed E-state index contributed by atoms with van der Waals surface area (Å²) in [5, 5.41) is 0. The van der Waals surface area contributed by atoms with Crippen LogP contribution in [0.2, 0.25) is 0 Å². The van der Waals surface area contributed by atoms with Crippen molar-refractivity contribution >= 4 is 5.82 Å². The molecule has 2 aromatic rings. The van der Waals surface area contributed by atoms with Crippen LogP contribution in [0.1, 0.15) is 56.3 Å². The molecule has 0 bridgehead atoms. The van der Waals surface area contributed by atoms with E-state index in [1.807, 2.05) is 6.20 Å². The van der Waals surface area contributed by atoms with Gasteiger partial charge in [0.25, 0.3) is 0 Å². The number of nitrogen functional groups attached to an aromatic ring is 1. The van der Waals surface area contributed by atoms with E-state index in [2.05, 4.69) is 19.2 Å². The van der Waals surface area contributed by atoms with Crippen LogP contribution in [0.15, 0.2) is 18.5 Å². The molecule has 3 saturated carbocycles. The number of morpholine rings is 1. The van der Waals surface area contributed by atoms with E-state index >= 15 is 0 Å². The van der Waals surface area contributed by atoms with Gasteiger partial charge >= 0.3 is 6.36 Å². The fourth-order valence-corrected chi connectivity index (χ4v) is 5.90. The molecule has 6 rings (SSSR count). The predicted molar refractivity (Wildman–Crippen MR) is 115 cm³/mol. The van der Waals surface area contributed by atoms with Gasteiger partial charge in [0.15, 0.2) is 11.6 Å². The van der Waals surface area contributed by atoms with Gasteiger partial charge in [0.1, 0.15) is 5.82 Å². The van der Waals surface area contributed by atoms with Crippen LogP contribution in [0.3, 0.4) is 0 Å². The number of pyridine rings is 1. The maximum absolute atomic E-state index is 12.7. The molecular formula is C23H28F3N5O2. The molecule has 178 valence electrons. The van der Waals surface area contributed by atoms with Crippen LogP contribution in [0.4, 0.5) is 19.0 Å². The highest BCUT2D eigenvalue weighted by molar-refractivity contribution is 5.64. The van der Waals surface area contributed by atoms with Gasteiger partial charge in [0.2, 0.25) is 0 Å². The first kappa shape index (κ1) is 21.2. The second-order valence-electron chi connectivity index (χ2n) is 10.1. The highest BCUT2D eigenvalue weighted by Crippen LogP contribution is 2.62. The number of anilines is 1. The van der Waals surface area contributed by atoms with Crippen LogP contribution in [0, 0.1) is 5.41 Å². The number of alkyl halides is 3. The van der Waals surface area contributed by atoms with E-state index in [0.29, 0.717) is 34.7 Å². The molecule has 0 unspecified atom stereocenters. The molecule has 1 saturated heterocycles. The minimum Gasteiger partial charge on any atom is -0.402 e. The standard InChI is InChI=1S/C23H28F3N5O2/c24-23(25,26)33-19-7-15(12-28-20(19)27)18-13-31(21(29-18)14-1-2-14)17-10-22(11-17)8-16(9-22)30-3-5-32-6-4-30/h7,12-14,16-17H,1-6,8-11H2,(H2,27,28). The van der Waals surface area contributed by atoms with Crippen molar-refractivity contribution < 1.29 is 22.6 Å². The summed E-state index contributed by atoms with van der Waals surface area (Å²) in [5.41, 5.74) is 7.13. The van der Waals surface area contributed by atoms with Crippen molar-refractivity contribution in [2.75, 3.05) is 32.0 Å². The number of imidazole rings is 1. The van der Waals surface area contributed by atoms with E-state index in [9.17, 15) is 13.2 Å². The topological polar surface area (TPSA) is 78.4 Å². The molecule has 0 aromatic carbocycles. The van der Waals surface area contributed by atoms with Crippen molar-refractivity contribution in [1.29, 1.82) is 0 Å². The highest BCUT2D eigenvalue weighted by atomic mass is 19.4. The summed E-state index contributed by atoms with van der Waals surface area (Å²) in [6.45, 7) is 3.75. The average Bonchev–Trinajstić information content (AvgIpc) is 3.47. The number of ether oxygens (including phenoxy) is 2. The summed E-state index contributed by atoms with van der Waals surface area (Å²) in [5.74, 6) is 0.696. The lowest BCUT2D eigenvalue weighted by molar-refractivity contribution is -0.274. The molecule has 1 spiro atoms. The van der Waals surface area contributed by atoms with Gasteiger partial charge in [-0.25, -0.2) is 9.97 Å². The van der Waals surface area contributed by atoms with Crippen molar-refractivity contribution in [2.45, 2.75) is 62.9 Å². The summed E-state index contributed by atoms with van der Waals surface area (Å²) in [6, 6.07) is 2.37. The Morgan fingerprint density at radius 1 is 1.09 bits per heavy atom. The smallest absolute Gasteiger partial charge is 0.402 e. The molecule has 2 aromatic heterocycles. The van der Waals surface area contributed by atoms with Crippen LogP contribution in [0.25, 0.3) is 11.3 Å². The highest BCUT2D eigenvalue weighted by Gasteiger charge is 2.55.